The molecule has 0 atom stereocenters. The van der Waals surface area contributed by atoms with Gasteiger partial charge in [0.25, 0.3) is 0 Å². The lowest BCUT2D eigenvalue weighted by Crippen LogP contribution is -2.42. The lowest BCUT2D eigenvalue weighted by Gasteiger charge is -2.26. The Hall–Kier alpha value is -1.88. The molecule has 128 valence electrons. The van der Waals surface area contributed by atoms with Crippen LogP contribution in [0.5, 0.6) is 0 Å². The van der Waals surface area contributed by atoms with Crippen LogP contribution in [0.15, 0.2) is 30.3 Å². The number of nitrogens with zero attached hydrogens (tertiary/aromatic N) is 3. The summed E-state index contributed by atoms with van der Waals surface area (Å²) in [6, 6.07) is 9.92. The zero-order valence-electron chi connectivity index (χ0n) is 14.8. The second-order valence-electron chi connectivity index (χ2n) is 5.99. The van der Waals surface area contributed by atoms with Gasteiger partial charge in [0.2, 0.25) is 11.8 Å². The molecule has 5 heteroatoms. The van der Waals surface area contributed by atoms with Gasteiger partial charge in [0.1, 0.15) is 0 Å². The number of hydrogen-bond donors (Lipinski definition) is 0. The Morgan fingerprint density at radius 2 is 1.65 bits per heavy atom. The van der Waals surface area contributed by atoms with E-state index < -0.39 is 0 Å². The van der Waals surface area contributed by atoms with E-state index in [1.165, 1.54) is 6.92 Å². The van der Waals surface area contributed by atoms with Gasteiger partial charge in [0.05, 0.1) is 6.54 Å². The Morgan fingerprint density at radius 1 is 1.00 bits per heavy atom. The fraction of sp³-hybridized carbons (Fsp3) is 0.556. The average molecular weight is 319 g/mol. The monoisotopic (exact) mass is 319 g/mol. The zero-order valence-corrected chi connectivity index (χ0v) is 14.8. The number of likely N-dealkylation sites (N-methyl/N-ethyl adjacent to an activating group) is 1. The minimum atomic E-state index is -0.0483. The van der Waals surface area contributed by atoms with Gasteiger partial charge in [-0.25, -0.2) is 0 Å². The quantitative estimate of drug-likeness (QED) is 0.697. The number of hydrogen-bond acceptors (Lipinski definition) is 3. The van der Waals surface area contributed by atoms with Crippen LogP contribution in [0.3, 0.4) is 0 Å². The SMILES string of the molecule is CCN(Cc1ccccc1)C(=O)CN(CCCN(C)C)C(C)=O. The first kappa shape index (κ1) is 19.2. The van der Waals surface area contributed by atoms with Gasteiger partial charge >= 0.3 is 0 Å². The fourth-order valence-electron chi connectivity index (χ4n) is 2.37. The molecule has 0 aliphatic carbocycles. The zero-order chi connectivity index (χ0) is 17.2. The minimum absolute atomic E-state index is 0.00333. The van der Waals surface area contributed by atoms with Crippen LogP contribution in [-0.2, 0) is 16.1 Å². The molecule has 0 saturated heterocycles. The summed E-state index contributed by atoms with van der Waals surface area (Å²) in [5.74, 6) is -0.0516. The normalized spacial score (nSPS) is 10.7. The van der Waals surface area contributed by atoms with Crippen LogP contribution in [0.2, 0.25) is 0 Å². The topological polar surface area (TPSA) is 43.9 Å². The fourth-order valence-corrected chi connectivity index (χ4v) is 2.37. The van der Waals surface area contributed by atoms with Crippen molar-refractivity contribution in [2.75, 3.05) is 40.3 Å². The highest BCUT2D eigenvalue weighted by Crippen LogP contribution is 2.06. The molecule has 0 aliphatic rings. The van der Waals surface area contributed by atoms with Crippen molar-refractivity contribution in [1.29, 1.82) is 0 Å². The molecule has 1 aromatic carbocycles. The molecule has 5 nitrogen and oxygen atoms in total. The number of carbonyl (C=O) groups is 2. The molecule has 0 fully saturated rings. The van der Waals surface area contributed by atoms with Crippen LogP contribution < -0.4 is 0 Å². The van der Waals surface area contributed by atoms with Crippen molar-refractivity contribution in [3.63, 3.8) is 0 Å². The van der Waals surface area contributed by atoms with Crippen molar-refractivity contribution >= 4 is 11.8 Å². The van der Waals surface area contributed by atoms with Crippen molar-refractivity contribution in [2.24, 2.45) is 0 Å². The third-order valence-corrected chi connectivity index (χ3v) is 3.76. The molecule has 23 heavy (non-hydrogen) atoms. The summed E-state index contributed by atoms with van der Waals surface area (Å²) in [4.78, 5) is 29.8. The van der Waals surface area contributed by atoms with Crippen molar-refractivity contribution in [1.82, 2.24) is 14.7 Å². The van der Waals surface area contributed by atoms with E-state index in [0.29, 0.717) is 19.6 Å². The van der Waals surface area contributed by atoms with Crippen molar-refractivity contribution in [3.8, 4) is 0 Å². The molecular formula is C18H29N3O2. The summed E-state index contributed by atoms with van der Waals surface area (Å²) in [6.07, 6.45) is 0.866. The maximum atomic E-state index is 12.5. The summed E-state index contributed by atoms with van der Waals surface area (Å²) in [6.45, 7) is 6.38. The maximum Gasteiger partial charge on any atom is 0.242 e. The first-order chi connectivity index (χ1) is 10.9. The summed E-state index contributed by atoms with van der Waals surface area (Å²) in [7, 11) is 4.00. The van der Waals surface area contributed by atoms with Crippen molar-refractivity contribution in [2.45, 2.75) is 26.8 Å². The molecule has 0 heterocycles. The van der Waals surface area contributed by atoms with E-state index in [4.69, 9.17) is 0 Å². The molecule has 0 bridgehead atoms. The van der Waals surface area contributed by atoms with E-state index >= 15 is 0 Å². The van der Waals surface area contributed by atoms with Gasteiger partial charge in [-0.1, -0.05) is 30.3 Å². The second-order valence-corrected chi connectivity index (χ2v) is 5.99. The highest BCUT2D eigenvalue weighted by atomic mass is 16.2. The Bertz CT molecular complexity index is 488. The summed E-state index contributed by atoms with van der Waals surface area (Å²) in [5, 5.41) is 0. The molecule has 1 rings (SSSR count). The first-order valence-corrected chi connectivity index (χ1v) is 8.16. The molecule has 0 aromatic heterocycles. The van der Waals surface area contributed by atoms with Crippen LogP contribution in [0, 0.1) is 0 Å². The lowest BCUT2D eigenvalue weighted by molar-refractivity contribution is -0.139. The number of rotatable bonds is 9. The Labute approximate surface area is 139 Å². The first-order valence-electron chi connectivity index (χ1n) is 8.16. The van der Waals surface area contributed by atoms with Gasteiger partial charge in [0, 0.05) is 26.6 Å². The van der Waals surface area contributed by atoms with Gasteiger partial charge in [-0.2, -0.15) is 0 Å². The van der Waals surface area contributed by atoms with Crippen LogP contribution in [0.25, 0.3) is 0 Å². The smallest absolute Gasteiger partial charge is 0.242 e. The Morgan fingerprint density at radius 3 is 2.17 bits per heavy atom. The van der Waals surface area contributed by atoms with Gasteiger partial charge in [-0.3, -0.25) is 9.59 Å². The van der Waals surface area contributed by atoms with E-state index in [2.05, 4.69) is 4.90 Å². The highest BCUT2D eigenvalue weighted by Gasteiger charge is 2.18. The van der Waals surface area contributed by atoms with Gasteiger partial charge < -0.3 is 14.7 Å². The van der Waals surface area contributed by atoms with Gasteiger partial charge in [-0.05, 0) is 39.5 Å². The largest absolute Gasteiger partial charge is 0.337 e. The van der Waals surface area contributed by atoms with E-state index in [1.54, 1.807) is 9.80 Å². The van der Waals surface area contributed by atoms with E-state index in [-0.39, 0.29) is 18.4 Å². The van der Waals surface area contributed by atoms with Crippen LogP contribution in [-0.4, -0.2) is 66.8 Å². The predicted molar refractivity (Wildman–Crippen MR) is 93.0 cm³/mol. The Balaban J connectivity index is 2.59. The maximum absolute atomic E-state index is 12.5. The molecule has 2 amide bonds. The standard InChI is InChI=1S/C18H29N3O2/c1-5-20(14-17-10-7-6-8-11-17)18(23)15-21(16(2)22)13-9-12-19(3)4/h6-8,10-11H,5,9,12-15H2,1-4H3. The van der Waals surface area contributed by atoms with E-state index in [1.807, 2.05) is 51.4 Å². The lowest BCUT2D eigenvalue weighted by atomic mass is 10.2. The minimum Gasteiger partial charge on any atom is -0.337 e. The third-order valence-electron chi connectivity index (χ3n) is 3.76. The van der Waals surface area contributed by atoms with Crippen LogP contribution >= 0.6 is 0 Å². The molecule has 0 aliphatic heterocycles. The summed E-state index contributed by atoms with van der Waals surface area (Å²) < 4.78 is 0. The Kier molecular flexibility index (Phi) is 8.33. The van der Waals surface area contributed by atoms with E-state index in [9.17, 15) is 9.59 Å². The van der Waals surface area contributed by atoms with Gasteiger partial charge in [-0.15, -0.1) is 0 Å². The third kappa shape index (κ3) is 7.28. The van der Waals surface area contributed by atoms with Crippen LogP contribution in [0.4, 0.5) is 0 Å². The van der Waals surface area contributed by atoms with Crippen molar-refractivity contribution < 1.29 is 9.59 Å². The van der Waals surface area contributed by atoms with E-state index in [0.717, 1.165) is 18.5 Å². The van der Waals surface area contributed by atoms with Crippen LogP contribution in [0.1, 0.15) is 25.8 Å². The molecular weight excluding hydrogens is 290 g/mol. The molecule has 0 unspecified atom stereocenters. The molecule has 0 radical (unpaired) electrons. The number of benzene rings is 1. The second kappa shape index (κ2) is 10.0. The number of carbonyl (C=O) groups excluding carboxylic acids is 2. The average Bonchev–Trinajstić information content (AvgIpc) is 2.52. The highest BCUT2D eigenvalue weighted by molar-refractivity contribution is 5.83. The van der Waals surface area contributed by atoms with Gasteiger partial charge in [0.15, 0.2) is 0 Å². The van der Waals surface area contributed by atoms with Crippen molar-refractivity contribution in [3.05, 3.63) is 35.9 Å². The molecule has 0 N–H and O–H groups in total. The molecule has 0 saturated carbocycles. The predicted octanol–water partition coefficient (Wildman–Crippen LogP) is 1.84. The number of amides is 2. The summed E-state index contributed by atoms with van der Waals surface area (Å²) >= 11 is 0. The summed E-state index contributed by atoms with van der Waals surface area (Å²) in [5.41, 5.74) is 1.10. The molecule has 0 spiro atoms. The molecule has 1 aromatic rings.